The van der Waals surface area contributed by atoms with Gasteiger partial charge in [0.2, 0.25) is 0 Å². The Morgan fingerprint density at radius 3 is 2.76 bits per heavy atom. The molecule has 3 nitrogen and oxygen atoms in total. The molecule has 3 aromatic rings. The summed E-state index contributed by atoms with van der Waals surface area (Å²) in [6.45, 7) is 0. The monoisotopic (exact) mass is 221 g/mol. The minimum absolute atomic E-state index is 0.659. The van der Waals surface area contributed by atoms with Gasteiger partial charge in [-0.3, -0.25) is 0 Å². The van der Waals surface area contributed by atoms with Crippen LogP contribution in [-0.4, -0.2) is 4.98 Å². The van der Waals surface area contributed by atoms with Crippen LogP contribution in [-0.2, 0) is 0 Å². The standard InChI is InChI=1S/C14H9N2O/c17-16-9-3-5-12(10-16)14-8-7-11-4-1-2-6-13(11)15-14/h1-9H. The predicted octanol–water partition coefficient (Wildman–Crippen LogP) is 2.34. The first-order valence-corrected chi connectivity index (χ1v) is 5.30. The van der Waals surface area contributed by atoms with E-state index >= 15 is 0 Å². The van der Waals surface area contributed by atoms with E-state index in [2.05, 4.69) is 11.2 Å². The van der Waals surface area contributed by atoms with Gasteiger partial charge in [-0.05, 0) is 18.2 Å². The third kappa shape index (κ3) is 1.83. The number of rotatable bonds is 1. The molecule has 0 amide bonds. The number of nitrogens with zero attached hydrogens (tertiary/aromatic N) is 2. The lowest BCUT2D eigenvalue weighted by molar-refractivity contribution is -0.609. The molecule has 1 aromatic carbocycles. The van der Waals surface area contributed by atoms with E-state index in [4.69, 9.17) is 0 Å². The van der Waals surface area contributed by atoms with E-state index in [1.54, 1.807) is 6.07 Å². The van der Waals surface area contributed by atoms with Crippen molar-refractivity contribution in [1.82, 2.24) is 4.98 Å². The molecule has 3 heteroatoms. The predicted molar refractivity (Wildman–Crippen MR) is 65.0 cm³/mol. The lowest BCUT2D eigenvalue weighted by Crippen LogP contribution is -2.24. The molecule has 0 aliphatic carbocycles. The summed E-state index contributed by atoms with van der Waals surface area (Å²) in [5, 5.41) is 12.2. The number of pyridine rings is 2. The summed E-state index contributed by atoms with van der Waals surface area (Å²) in [4.78, 5) is 4.50. The molecule has 0 unspecified atom stereocenters. The Balaban J connectivity index is 2.18. The Morgan fingerprint density at radius 1 is 1.00 bits per heavy atom. The number of benzene rings is 1. The van der Waals surface area contributed by atoms with Gasteiger partial charge < -0.3 is 5.21 Å². The average Bonchev–Trinajstić information content (AvgIpc) is 2.38. The molecule has 0 saturated carbocycles. The SMILES string of the molecule is [O-][n+]1[c]c(-c2ccc3ccccc3n2)ccc1. The normalized spacial score (nSPS) is 10.6. The molecule has 0 fully saturated rings. The summed E-state index contributed by atoms with van der Waals surface area (Å²) in [5.74, 6) is 0. The molecule has 0 N–H and O–H groups in total. The van der Waals surface area contributed by atoms with Crippen LogP contribution in [0.5, 0.6) is 0 Å². The number of hydrogen-bond acceptors (Lipinski definition) is 2. The Morgan fingerprint density at radius 2 is 1.88 bits per heavy atom. The maximum atomic E-state index is 11.2. The second kappa shape index (κ2) is 3.87. The van der Waals surface area contributed by atoms with Gasteiger partial charge in [0.25, 0.3) is 6.20 Å². The van der Waals surface area contributed by atoms with Gasteiger partial charge in [-0.2, -0.15) is 4.73 Å². The summed E-state index contributed by atoms with van der Waals surface area (Å²) in [6, 6.07) is 15.3. The van der Waals surface area contributed by atoms with Gasteiger partial charge >= 0.3 is 0 Å². The van der Waals surface area contributed by atoms with E-state index in [0.717, 1.165) is 16.6 Å². The van der Waals surface area contributed by atoms with E-state index in [1.807, 2.05) is 42.5 Å². The molecule has 0 saturated heterocycles. The van der Waals surface area contributed by atoms with Crippen molar-refractivity contribution in [3.8, 4) is 11.3 Å². The second-order valence-electron chi connectivity index (χ2n) is 3.75. The van der Waals surface area contributed by atoms with Crippen molar-refractivity contribution in [3.05, 3.63) is 66.1 Å². The van der Waals surface area contributed by atoms with Gasteiger partial charge in [0.1, 0.15) is 0 Å². The first-order chi connectivity index (χ1) is 8.33. The molecular formula is C14H9N2O. The lowest BCUT2D eigenvalue weighted by atomic mass is 10.1. The summed E-state index contributed by atoms with van der Waals surface area (Å²) >= 11 is 0. The summed E-state index contributed by atoms with van der Waals surface area (Å²) in [7, 11) is 0. The largest absolute Gasteiger partial charge is 0.618 e. The summed E-state index contributed by atoms with van der Waals surface area (Å²) < 4.78 is 0.659. The van der Waals surface area contributed by atoms with Gasteiger partial charge in [0, 0.05) is 11.5 Å². The van der Waals surface area contributed by atoms with Crippen LogP contribution in [0, 0.1) is 11.4 Å². The zero-order valence-electron chi connectivity index (χ0n) is 9.00. The van der Waals surface area contributed by atoms with Crippen molar-refractivity contribution in [1.29, 1.82) is 0 Å². The van der Waals surface area contributed by atoms with E-state index < -0.39 is 0 Å². The van der Waals surface area contributed by atoms with Crippen LogP contribution >= 0.6 is 0 Å². The zero-order chi connectivity index (χ0) is 11.7. The minimum Gasteiger partial charge on any atom is -0.618 e. The maximum Gasteiger partial charge on any atom is 0.300 e. The highest BCUT2D eigenvalue weighted by molar-refractivity contribution is 5.81. The van der Waals surface area contributed by atoms with Crippen molar-refractivity contribution in [3.63, 3.8) is 0 Å². The van der Waals surface area contributed by atoms with Gasteiger partial charge in [-0.25, -0.2) is 4.98 Å². The fourth-order valence-electron chi connectivity index (χ4n) is 1.77. The molecular weight excluding hydrogens is 212 g/mol. The number of fused-ring (bicyclic) bond motifs is 1. The van der Waals surface area contributed by atoms with Crippen LogP contribution < -0.4 is 4.73 Å². The first-order valence-electron chi connectivity index (χ1n) is 5.30. The Labute approximate surface area is 98.6 Å². The van der Waals surface area contributed by atoms with Crippen LogP contribution in [0.2, 0.25) is 0 Å². The molecule has 0 spiro atoms. The molecule has 2 aromatic heterocycles. The highest BCUT2D eigenvalue weighted by atomic mass is 16.5. The van der Waals surface area contributed by atoms with Crippen molar-refractivity contribution in [2.75, 3.05) is 0 Å². The van der Waals surface area contributed by atoms with E-state index in [-0.39, 0.29) is 0 Å². The van der Waals surface area contributed by atoms with E-state index in [0.29, 0.717) is 10.3 Å². The van der Waals surface area contributed by atoms with Crippen molar-refractivity contribution < 1.29 is 4.73 Å². The maximum absolute atomic E-state index is 11.2. The Bertz CT molecular complexity index is 680. The molecule has 0 aliphatic heterocycles. The summed E-state index contributed by atoms with van der Waals surface area (Å²) in [5.41, 5.74) is 2.38. The Hall–Kier alpha value is -2.42. The average molecular weight is 221 g/mol. The highest BCUT2D eigenvalue weighted by Crippen LogP contribution is 2.18. The van der Waals surface area contributed by atoms with Crippen LogP contribution in [0.4, 0.5) is 0 Å². The number of hydrogen-bond donors (Lipinski definition) is 0. The second-order valence-corrected chi connectivity index (χ2v) is 3.75. The minimum atomic E-state index is 0.659. The quantitative estimate of drug-likeness (QED) is 0.467. The molecule has 0 aliphatic rings. The van der Waals surface area contributed by atoms with Crippen molar-refractivity contribution >= 4 is 10.9 Å². The van der Waals surface area contributed by atoms with Crippen LogP contribution in [0.15, 0.2) is 54.7 Å². The van der Waals surface area contributed by atoms with Gasteiger partial charge in [0.05, 0.1) is 16.8 Å². The summed E-state index contributed by atoms with van der Waals surface area (Å²) in [6.07, 6.45) is 4.09. The van der Waals surface area contributed by atoms with Crippen molar-refractivity contribution in [2.45, 2.75) is 0 Å². The van der Waals surface area contributed by atoms with Crippen LogP contribution in [0.3, 0.4) is 0 Å². The molecule has 1 radical (unpaired) electrons. The fourth-order valence-corrected chi connectivity index (χ4v) is 1.77. The smallest absolute Gasteiger partial charge is 0.300 e. The third-order valence-electron chi connectivity index (χ3n) is 2.59. The van der Waals surface area contributed by atoms with Crippen LogP contribution in [0.25, 0.3) is 22.2 Å². The molecule has 0 bridgehead atoms. The molecule has 81 valence electrons. The molecule has 2 heterocycles. The van der Waals surface area contributed by atoms with E-state index in [1.165, 1.54) is 6.20 Å². The molecule has 3 rings (SSSR count). The van der Waals surface area contributed by atoms with Gasteiger partial charge in [0.15, 0.2) is 6.20 Å². The fraction of sp³-hybridized carbons (Fsp3) is 0. The topological polar surface area (TPSA) is 39.8 Å². The Kier molecular flexibility index (Phi) is 2.22. The number of aromatic nitrogens is 2. The van der Waals surface area contributed by atoms with Gasteiger partial charge in [-0.1, -0.05) is 24.3 Å². The van der Waals surface area contributed by atoms with Crippen LogP contribution in [0.1, 0.15) is 0 Å². The number of para-hydroxylation sites is 1. The molecule has 17 heavy (non-hydrogen) atoms. The zero-order valence-corrected chi connectivity index (χ0v) is 9.00. The first kappa shape index (κ1) is 9.78. The third-order valence-corrected chi connectivity index (χ3v) is 2.59. The highest BCUT2D eigenvalue weighted by Gasteiger charge is 2.05. The lowest BCUT2D eigenvalue weighted by Gasteiger charge is -2.02. The van der Waals surface area contributed by atoms with Gasteiger partial charge in [-0.15, -0.1) is 0 Å². The molecule has 0 atom stereocenters. The van der Waals surface area contributed by atoms with E-state index in [9.17, 15) is 5.21 Å². The van der Waals surface area contributed by atoms with Crippen molar-refractivity contribution in [2.24, 2.45) is 0 Å².